The van der Waals surface area contributed by atoms with Crippen molar-refractivity contribution in [1.29, 1.82) is 5.41 Å². The zero-order valence-corrected chi connectivity index (χ0v) is 18.4. The summed E-state index contributed by atoms with van der Waals surface area (Å²) in [6.07, 6.45) is 1.32. The lowest BCUT2D eigenvalue weighted by atomic mass is 10.1. The molecule has 1 aliphatic heterocycles. The van der Waals surface area contributed by atoms with Crippen LogP contribution in [-0.4, -0.2) is 41.2 Å². The van der Waals surface area contributed by atoms with E-state index in [9.17, 15) is 19.5 Å². The first-order chi connectivity index (χ1) is 15.8. The molecule has 0 bridgehead atoms. The van der Waals surface area contributed by atoms with Gasteiger partial charge in [-0.15, -0.1) is 11.3 Å². The van der Waals surface area contributed by atoms with Crippen LogP contribution in [0.25, 0.3) is 0 Å². The van der Waals surface area contributed by atoms with Gasteiger partial charge in [0.05, 0.1) is 11.3 Å². The van der Waals surface area contributed by atoms with Gasteiger partial charge < -0.3 is 25.6 Å². The second kappa shape index (κ2) is 11.1. The number of hydrogen-bond donors (Lipinski definition) is 5. The van der Waals surface area contributed by atoms with Crippen LogP contribution >= 0.6 is 11.3 Å². The number of carbonyl (C=O) groups excluding carboxylic acids is 2. The number of guanidine groups is 1. The monoisotopic (exact) mass is 472 g/mol. The van der Waals surface area contributed by atoms with Gasteiger partial charge in [0.25, 0.3) is 5.91 Å². The summed E-state index contributed by atoms with van der Waals surface area (Å²) in [4.78, 5) is 36.8. The number of nitrogens with one attached hydrogen (secondary N) is 3. The lowest BCUT2D eigenvalue weighted by molar-refractivity contribution is -0.137. The Balaban J connectivity index is 1.57. The van der Waals surface area contributed by atoms with E-state index < -0.39 is 30.2 Å². The normalized spacial score (nSPS) is 15.5. The molecule has 1 aromatic heterocycles. The molecule has 174 valence electrons. The van der Waals surface area contributed by atoms with Crippen molar-refractivity contribution in [2.45, 2.75) is 38.0 Å². The number of thiophene rings is 1. The van der Waals surface area contributed by atoms with Gasteiger partial charge in [-0.25, -0.2) is 0 Å². The fraction of sp³-hybridized carbons (Fsp3) is 0.273. The van der Waals surface area contributed by atoms with Crippen molar-refractivity contribution in [1.82, 2.24) is 10.6 Å². The van der Waals surface area contributed by atoms with Crippen LogP contribution in [0.1, 0.15) is 33.0 Å². The van der Waals surface area contributed by atoms with Crippen LogP contribution < -0.4 is 16.4 Å². The molecule has 0 saturated carbocycles. The molecule has 1 aromatic carbocycles. The van der Waals surface area contributed by atoms with Crippen molar-refractivity contribution >= 4 is 35.1 Å². The smallest absolute Gasteiger partial charge is 0.305 e. The maximum Gasteiger partial charge on any atom is 0.305 e. The van der Waals surface area contributed by atoms with Crippen LogP contribution in [0, 0.1) is 5.41 Å². The number of amides is 2. The number of rotatable bonds is 10. The molecule has 0 radical (unpaired) electrons. The quantitative estimate of drug-likeness (QED) is 0.259. The molecular formula is C22H24N4O6S. The highest BCUT2D eigenvalue weighted by Crippen LogP contribution is 2.24. The Morgan fingerprint density at radius 2 is 1.94 bits per heavy atom. The predicted octanol–water partition coefficient (Wildman–Crippen LogP) is 1.72. The fourth-order valence-electron chi connectivity index (χ4n) is 3.12. The summed E-state index contributed by atoms with van der Waals surface area (Å²) in [5.41, 5.74) is 6.12. The van der Waals surface area contributed by atoms with Crippen molar-refractivity contribution < 1.29 is 29.0 Å². The Morgan fingerprint density at radius 1 is 1.18 bits per heavy atom. The first-order valence-corrected chi connectivity index (χ1v) is 10.9. The van der Waals surface area contributed by atoms with Gasteiger partial charge in [-0.1, -0.05) is 30.3 Å². The Bertz CT molecular complexity index is 1050. The predicted molar refractivity (Wildman–Crippen MR) is 120 cm³/mol. The first-order valence-electron chi connectivity index (χ1n) is 10.1. The zero-order chi connectivity index (χ0) is 23.8. The second-order valence-electron chi connectivity index (χ2n) is 7.25. The highest BCUT2D eigenvalue weighted by molar-refractivity contribution is 7.14. The van der Waals surface area contributed by atoms with E-state index >= 15 is 0 Å². The molecule has 3 rings (SSSR count). The molecule has 1 unspecified atom stereocenters. The molecule has 0 spiro atoms. The average molecular weight is 473 g/mol. The number of ether oxygens (including phenoxy) is 2. The fourth-order valence-corrected chi connectivity index (χ4v) is 4.03. The van der Waals surface area contributed by atoms with Crippen LogP contribution in [0.2, 0.25) is 0 Å². The Kier molecular flexibility index (Phi) is 8.03. The summed E-state index contributed by atoms with van der Waals surface area (Å²) >= 11 is 1.19. The van der Waals surface area contributed by atoms with Crippen molar-refractivity contribution in [3.05, 3.63) is 69.8 Å². The van der Waals surface area contributed by atoms with E-state index in [2.05, 4.69) is 10.6 Å². The van der Waals surface area contributed by atoms with Gasteiger partial charge in [0, 0.05) is 17.7 Å². The minimum absolute atomic E-state index is 0.115. The molecule has 0 fully saturated rings. The van der Waals surface area contributed by atoms with E-state index in [1.807, 2.05) is 30.3 Å². The molecule has 0 aliphatic carbocycles. The largest absolute Gasteiger partial charge is 0.481 e. The summed E-state index contributed by atoms with van der Waals surface area (Å²) in [5.74, 6) is -2.13. The summed E-state index contributed by atoms with van der Waals surface area (Å²) in [7, 11) is 0. The number of carboxylic acid groups (broad SMARTS) is 1. The highest BCUT2D eigenvalue weighted by Gasteiger charge is 2.30. The van der Waals surface area contributed by atoms with Gasteiger partial charge in [-0.2, -0.15) is 0 Å². The Labute approximate surface area is 193 Å². The average Bonchev–Trinajstić information content (AvgIpc) is 3.41. The molecule has 6 N–H and O–H groups in total. The number of hydrogen-bond acceptors (Lipinski definition) is 7. The summed E-state index contributed by atoms with van der Waals surface area (Å²) < 4.78 is 11.3. The molecule has 11 heteroatoms. The number of nitrogens with two attached hydrogens (primary N) is 1. The van der Waals surface area contributed by atoms with E-state index in [4.69, 9.17) is 20.6 Å². The minimum atomic E-state index is -1.10. The standard InChI is InChI=1S/C22H24N4O6S/c23-22(24)26-18(27)9-7-14-6-8-17(33-14)21(30)25-15(11-19(28)29)16-12-31-20(32-16)10-13-4-2-1-3-5-13/h1-6,8,12,15,20H,7,9-11H2,(H,25,30)(H,28,29)(H4,23,24,26,27)/t15-,20?/m0/s1. The van der Waals surface area contributed by atoms with Crippen molar-refractivity contribution in [3.63, 3.8) is 0 Å². The summed E-state index contributed by atoms with van der Waals surface area (Å²) in [6.45, 7) is 0. The van der Waals surface area contributed by atoms with E-state index in [0.29, 0.717) is 17.7 Å². The topological polar surface area (TPSA) is 164 Å². The Morgan fingerprint density at radius 3 is 2.64 bits per heavy atom. The van der Waals surface area contributed by atoms with Gasteiger partial charge in [0.2, 0.25) is 12.2 Å². The van der Waals surface area contributed by atoms with Gasteiger partial charge in [0.1, 0.15) is 12.3 Å². The maximum atomic E-state index is 12.7. The van der Waals surface area contributed by atoms with Crippen LogP contribution in [0.3, 0.4) is 0 Å². The third kappa shape index (κ3) is 7.35. The molecule has 2 aromatic rings. The van der Waals surface area contributed by atoms with E-state index in [1.54, 1.807) is 12.1 Å². The lowest BCUT2D eigenvalue weighted by Crippen LogP contribution is -2.38. The molecule has 2 amide bonds. The van der Waals surface area contributed by atoms with Gasteiger partial charge >= 0.3 is 5.97 Å². The third-order valence-electron chi connectivity index (χ3n) is 4.63. The molecule has 1 aliphatic rings. The number of benzene rings is 1. The maximum absolute atomic E-state index is 12.7. The molecular weight excluding hydrogens is 448 g/mol. The van der Waals surface area contributed by atoms with E-state index in [1.165, 1.54) is 17.6 Å². The van der Waals surface area contributed by atoms with Gasteiger partial charge in [-0.3, -0.25) is 25.1 Å². The van der Waals surface area contributed by atoms with E-state index in [0.717, 1.165) is 10.4 Å². The molecule has 33 heavy (non-hydrogen) atoms. The molecule has 2 atom stereocenters. The van der Waals surface area contributed by atoms with Gasteiger partial charge in [0.15, 0.2) is 11.7 Å². The van der Waals surface area contributed by atoms with Crippen LogP contribution in [0.4, 0.5) is 0 Å². The van der Waals surface area contributed by atoms with Crippen LogP contribution in [-0.2, 0) is 31.9 Å². The molecule has 0 saturated heterocycles. The van der Waals surface area contributed by atoms with Crippen LogP contribution in [0.5, 0.6) is 0 Å². The first kappa shape index (κ1) is 23.8. The van der Waals surface area contributed by atoms with Crippen molar-refractivity contribution in [3.8, 4) is 0 Å². The number of aliphatic carboxylic acids is 1. The Hall–Kier alpha value is -3.86. The van der Waals surface area contributed by atoms with Crippen LogP contribution in [0.15, 0.2) is 54.5 Å². The highest BCUT2D eigenvalue weighted by atomic mass is 32.1. The summed E-state index contributed by atoms with van der Waals surface area (Å²) in [6, 6.07) is 12.0. The summed E-state index contributed by atoms with van der Waals surface area (Å²) in [5, 5.41) is 21.2. The zero-order valence-electron chi connectivity index (χ0n) is 17.6. The SMILES string of the molecule is N=C(N)NC(=O)CCc1ccc(C(=O)N[C@@H](CC(=O)O)C2=COC(Cc3ccccc3)O2)s1. The lowest BCUT2D eigenvalue weighted by Gasteiger charge is -2.18. The minimum Gasteiger partial charge on any atom is -0.481 e. The van der Waals surface area contributed by atoms with Crippen molar-refractivity contribution in [2.75, 3.05) is 0 Å². The number of aryl methyl sites for hydroxylation is 1. The van der Waals surface area contributed by atoms with Crippen molar-refractivity contribution in [2.24, 2.45) is 5.73 Å². The number of carbonyl (C=O) groups is 3. The van der Waals surface area contributed by atoms with Gasteiger partial charge in [-0.05, 0) is 24.1 Å². The molecule has 2 heterocycles. The third-order valence-corrected chi connectivity index (χ3v) is 5.78. The molecule has 10 nitrogen and oxygen atoms in total. The second-order valence-corrected chi connectivity index (χ2v) is 8.41. The van der Waals surface area contributed by atoms with E-state index in [-0.39, 0.29) is 24.5 Å². The number of carboxylic acids is 1.